The largest absolute Gasteiger partial charge is 0.352 e. The van der Waals surface area contributed by atoms with Gasteiger partial charge in [0.15, 0.2) is 0 Å². The molecular formula is C24H29N5O2. The van der Waals surface area contributed by atoms with Crippen LogP contribution in [0.4, 0.5) is 4.79 Å². The summed E-state index contributed by atoms with van der Waals surface area (Å²) in [5.41, 5.74) is 9.53. The van der Waals surface area contributed by atoms with Gasteiger partial charge >= 0.3 is 6.03 Å². The molecule has 3 aromatic rings. The molecule has 0 aliphatic carbocycles. The average molecular weight is 420 g/mol. The van der Waals surface area contributed by atoms with Crippen molar-refractivity contribution < 1.29 is 9.59 Å². The number of amides is 3. The van der Waals surface area contributed by atoms with E-state index in [0.717, 1.165) is 41.6 Å². The van der Waals surface area contributed by atoms with E-state index >= 15 is 0 Å². The third-order valence-corrected chi connectivity index (χ3v) is 5.12. The first kappa shape index (κ1) is 22.1. The van der Waals surface area contributed by atoms with Gasteiger partial charge in [-0.1, -0.05) is 68.3 Å². The smallest absolute Gasteiger partial charge is 0.312 e. The van der Waals surface area contributed by atoms with Crippen LogP contribution in [-0.2, 0) is 17.9 Å². The van der Waals surface area contributed by atoms with E-state index in [1.807, 2.05) is 48.1 Å². The fraction of sp³-hybridized carbons (Fsp3) is 0.292. The molecule has 162 valence electrons. The second-order valence-electron chi connectivity index (χ2n) is 7.48. The summed E-state index contributed by atoms with van der Waals surface area (Å²) in [5, 5.41) is 9.72. The topological polar surface area (TPSA) is 102 Å². The highest BCUT2D eigenvalue weighted by atomic mass is 16.2. The number of benzene rings is 2. The lowest BCUT2D eigenvalue weighted by molar-refractivity contribution is -0.123. The lowest BCUT2D eigenvalue weighted by atomic mass is 9.98. The Morgan fingerprint density at radius 1 is 1.10 bits per heavy atom. The van der Waals surface area contributed by atoms with Gasteiger partial charge in [0, 0.05) is 18.9 Å². The van der Waals surface area contributed by atoms with Crippen LogP contribution < -0.4 is 16.4 Å². The molecule has 4 N–H and O–H groups in total. The van der Waals surface area contributed by atoms with E-state index in [-0.39, 0.29) is 5.91 Å². The van der Waals surface area contributed by atoms with Crippen LogP contribution in [0.3, 0.4) is 0 Å². The Morgan fingerprint density at radius 2 is 1.87 bits per heavy atom. The fourth-order valence-corrected chi connectivity index (χ4v) is 3.48. The van der Waals surface area contributed by atoms with Gasteiger partial charge in [-0.25, -0.2) is 4.79 Å². The summed E-state index contributed by atoms with van der Waals surface area (Å²) in [6, 6.07) is 16.9. The molecule has 1 heterocycles. The average Bonchev–Trinajstić information content (AvgIpc) is 3.28. The van der Waals surface area contributed by atoms with E-state index in [9.17, 15) is 9.59 Å². The van der Waals surface area contributed by atoms with Crippen molar-refractivity contribution in [2.75, 3.05) is 0 Å². The van der Waals surface area contributed by atoms with E-state index in [0.29, 0.717) is 13.0 Å². The van der Waals surface area contributed by atoms with Crippen molar-refractivity contribution in [3.8, 4) is 11.1 Å². The fourth-order valence-electron chi connectivity index (χ4n) is 3.48. The zero-order valence-corrected chi connectivity index (χ0v) is 17.8. The van der Waals surface area contributed by atoms with Crippen molar-refractivity contribution in [2.24, 2.45) is 5.73 Å². The lowest BCUT2D eigenvalue weighted by Crippen LogP contribution is -2.48. The monoisotopic (exact) mass is 419 g/mol. The number of rotatable bonds is 10. The molecule has 1 atom stereocenters. The summed E-state index contributed by atoms with van der Waals surface area (Å²) in [6.45, 7) is 3.12. The number of hydrogen-bond donors (Lipinski definition) is 3. The molecular weight excluding hydrogens is 390 g/mol. The van der Waals surface area contributed by atoms with Crippen LogP contribution in [0.5, 0.6) is 0 Å². The third kappa shape index (κ3) is 6.44. The highest BCUT2D eigenvalue weighted by Gasteiger charge is 2.19. The maximum absolute atomic E-state index is 12.6. The van der Waals surface area contributed by atoms with Crippen LogP contribution in [0.1, 0.15) is 37.3 Å². The SMILES string of the molecule is CCCCC(NC(N)=O)C(=O)NCc1ccccc1-c1ccc(Cn2cccn2)cc1. The van der Waals surface area contributed by atoms with Gasteiger partial charge in [-0.3, -0.25) is 9.48 Å². The molecule has 7 nitrogen and oxygen atoms in total. The normalized spacial score (nSPS) is 11.6. The molecule has 2 aromatic carbocycles. The second-order valence-corrected chi connectivity index (χ2v) is 7.48. The summed E-state index contributed by atoms with van der Waals surface area (Å²) in [4.78, 5) is 23.9. The molecule has 3 amide bonds. The first-order valence-electron chi connectivity index (χ1n) is 10.5. The number of carbonyl (C=O) groups excluding carboxylic acids is 2. The van der Waals surface area contributed by atoms with E-state index in [1.54, 1.807) is 6.20 Å². The molecule has 0 aliphatic rings. The van der Waals surface area contributed by atoms with Crippen molar-refractivity contribution in [1.82, 2.24) is 20.4 Å². The number of primary amides is 1. The number of aromatic nitrogens is 2. The number of nitrogens with two attached hydrogens (primary N) is 1. The zero-order chi connectivity index (χ0) is 22.1. The molecule has 3 rings (SSSR count). The predicted molar refractivity (Wildman–Crippen MR) is 121 cm³/mol. The van der Waals surface area contributed by atoms with Gasteiger partial charge in [0.2, 0.25) is 5.91 Å². The maximum atomic E-state index is 12.6. The summed E-state index contributed by atoms with van der Waals surface area (Å²) in [7, 11) is 0. The first-order valence-corrected chi connectivity index (χ1v) is 10.5. The third-order valence-electron chi connectivity index (χ3n) is 5.12. The van der Waals surface area contributed by atoms with Crippen LogP contribution >= 0.6 is 0 Å². The maximum Gasteiger partial charge on any atom is 0.312 e. The van der Waals surface area contributed by atoms with Gasteiger partial charge in [0.1, 0.15) is 6.04 Å². The molecule has 0 bridgehead atoms. The molecule has 7 heteroatoms. The van der Waals surface area contributed by atoms with Gasteiger partial charge in [-0.2, -0.15) is 5.10 Å². The Morgan fingerprint density at radius 3 is 2.55 bits per heavy atom. The molecule has 0 spiro atoms. The van der Waals surface area contributed by atoms with Gasteiger partial charge < -0.3 is 16.4 Å². The summed E-state index contributed by atoms with van der Waals surface area (Å²) in [6.07, 6.45) is 6.03. The van der Waals surface area contributed by atoms with Crippen LogP contribution in [0.2, 0.25) is 0 Å². The first-order chi connectivity index (χ1) is 15.1. The molecule has 0 aliphatic heterocycles. The van der Waals surface area contributed by atoms with Crippen molar-refractivity contribution in [1.29, 1.82) is 0 Å². The van der Waals surface area contributed by atoms with Gasteiger partial charge in [0.05, 0.1) is 6.54 Å². The van der Waals surface area contributed by atoms with Gasteiger partial charge in [0.25, 0.3) is 0 Å². The molecule has 0 saturated carbocycles. The molecule has 0 fully saturated rings. The standard InChI is InChI=1S/C24H29N5O2/c1-2-3-9-22(28-24(25)31)23(30)26-16-20-7-4-5-8-21(20)19-12-10-18(11-13-19)17-29-15-6-14-27-29/h4-8,10-15,22H,2-3,9,16-17H2,1H3,(H,26,30)(H3,25,28,31). The van der Waals surface area contributed by atoms with E-state index in [4.69, 9.17) is 5.73 Å². The van der Waals surface area contributed by atoms with Crippen LogP contribution in [0.15, 0.2) is 67.0 Å². The molecule has 0 radical (unpaired) electrons. The molecule has 31 heavy (non-hydrogen) atoms. The number of nitrogens with zero attached hydrogens (tertiary/aromatic N) is 2. The highest BCUT2D eigenvalue weighted by Crippen LogP contribution is 2.24. The Kier molecular flexibility index (Phi) is 7.81. The van der Waals surface area contributed by atoms with Crippen molar-refractivity contribution in [3.63, 3.8) is 0 Å². The molecule has 1 aromatic heterocycles. The second kappa shape index (κ2) is 11.0. The Balaban J connectivity index is 1.68. The summed E-state index contributed by atoms with van der Waals surface area (Å²) < 4.78 is 1.88. The number of hydrogen-bond acceptors (Lipinski definition) is 3. The molecule has 1 unspecified atom stereocenters. The summed E-state index contributed by atoms with van der Waals surface area (Å²) >= 11 is 0. The quantitative estimate of drug-likeness (QED) is 0.469. The minimum absolute atomic E-state index is 0.225. The van der Waals surface area contributed by atoms with Crippen molar-refractivity contribution in [2.45, 2.75) is 45.3 Å². The predicted octanol–water partition coefficient (Wildman–Crippen LogP) is 3.44. The number of urea groups is 1. The Bertz CT molecular complexity index is 983. The highest BCUT2D eigenvalue weighted by molar-refractivity contribution is 5.86. The number of unbranched alkanes of at least 4 members (excludes halogenated alkanes) is 1. The van der Waals surface area contributed by atoms with Crippen molar-refractivity contribution >= 4 is 11.9 Å². The minimum Gasteiger partial charge on any atom is -0.352 e. The number of carbonyl (C=O) groups is 2. The van der Waals surface area contributed by atoms with E-state index in [1.165, 1.54) is 0 Å². The van der Waals surface area contributed by atoms with E-state index in [2.05, 4.69) is 40.0 Å². The van der Waals surface area contributed by atoms with Gasteiger partial charge in [-0.15, -0.1) is 0 Å². The Hall–Kier alpha value is -3.61. The van der Waals surface area contributed by atoms with Crippen molar-refractivity contribution in [3.05, 3.63) is 78.1 Å². The minimum atomic E-state index is -0.688. The lowest BCUT2D eigenvalue weighted by Gasteiger charge is -2.18. The van der Waals surface area contributed by atoms with Gasteiger partial charge in [-0.05, 0) is 34.7 Å². The van der Waals surface area contributed by atoms with E-state index < -0.39 is 12.1 Å². The van der Waals surface area contributed by atoms with Crippen LogP contribution in [0, 0.1) is 0 Å². The molecule has 0 saturated heterocycles. The van der Waals surface area contributed by atoms with Crippen LogP contribution in [0.25, 0.3) is 11.1 Å². The Labute approximate surface area is 182 Å². The zero-order valence-electron chi connectivity index (χ0n) is 17.8. The summed E-state index contributed by atoms with van der Waals surface area (Å²) in [5.74, 6) is -0.225. The number of nitrogens with one attached hydrogen (secondary N) is 2. The van der Waals surface area contributed by atoms with Crippen LogP contribution in [-0.4, -0.2) is 27.8 Å².